The van der Waals surface area contributed by atoms with E-state index >= 15 is 0 Å². The van der Waals surface area contributed by atoms with E-state index in [1.165, 1.54) is 18.4 Å². The zero-order valence-corrected chi connectivity index (χ0v) is 11.3. The van der Waals surface area contributed by atoms with Crippen molar-refractivity contribution in [3.8, 4) is 0 Å². The normalized spacial score (nSPS) is 44.1. The van der Waals surface area contributed by atoms with Crippen LogP contribution in [0, 0.1) is 11.3 Å². The van der Waals surface area contributed by atoms with Crippen molar-refractivity contribution < 1.29 is 5.11 Å². The van der Waals surface area contributed by atoms with Gasteiger partial charge in [0.05, 0.1) is 5.60 Å². The van der Waals surface area contributed by atoms with E-state index in [0.717, 1.165) is 25.7 Å². The first-order valence-corrected chi connectivity index (χ1v) is 6.77. The smallest absolute Gasteiger partial charge is 0.0709 e. The first kappa shape index (κ1) is 12.2. The second-order valence-electron chi connectivity index (χ2n) is 6.52. The van der Waals surface area contributed by atoms with Gasteiger partial charge >= 0.3 is 0 Å². The Hall–Kier alpha value is -0.300. The molecular weight excluding hydrogens is 196 g/mol. The van der Waals surface area contributed by atoms with Gasteiger partial charge in [-0.05, 0) is 51.9 Å². The Bertz CT molecular complexity index is 313. The molecule has 0 heterocycles. The highest BCUT2D eigenvalue weighted by atomic mass is 16.3. The van der Waals surface area contributed by atoms with Crippen molar-refractivity contribution in [2.45, 2.75) is 71.8 Å². The third kappa shape index (κ3) is 1.64. The van der Waals surface area contributed by atoms with Crippen molar-refractivity contribution in [1.82, 2.24) is 0 Å². The quantitative estimate of drug-likeness (QED) is 0.613. The van der Waals surface area contributed by atoms with Crippen molar-refractivity contribution >= 4 is 0 Å². The van der Waals surface area contributed by atoms with Gasteiger partial charge in [-0.2, -0.15) is 0 Å². The summed E-state index contributed by atoms with van der Waals surface area (Å²) in [6.45, 7) is 9.09. The molecule has 0 unspecified atom stereocenters. The Labute approximate surface area is 99.9 Å². The van der Waals surface area contributed by atoms with Gasteiger partial charge in [-0.15, -0.1) is 0 Å². The molecule has 3 atom stereocenters. The van der Waals surface area contributed by atoms with Crippen LogP contribution in [-0.4, -0.2) is 10.7 Å². The molecule has 2 saturated carbocycles. The highest BCUT2D eigenvalue weighted by molar-refractivity contribution is 5.21. The molecule has 0 amide bonds. The van der Waals surface area contributed by atoms with Crippen molar-refractivity contribution in [2.24, 2.45) is 11.3 Å². The van der Waals surface area contributed by atoms with E-state index in [1.807, 2.05) is 0 Å². The van der Waals surface area contributed by atoms with Gasteiger partial charge in [0.15, 0.2) is 0 Å². The van der Waals surface area contributed by atoms with Crippen LogP contribution in [0.1, 0.15) is 66.2 Å². The van der Waals surface area contributed by atoms with Gasteiger partial charge in [0.2, 0.25) is 0 Å². The molecular formula is C15H26O. The second-order valence-corrected chi connectivity index (χ2v) is 6.52. The number of rotatable bonds is 0. The van der Waals surface area contributed by atoms with Crippen LogP contribution in [0.5, 0.6) is 0 Å². The monoisotopic (exact) mass is 222 g/mol. The fraction of sp³-hybridized carbons (Fsp3) is 0.867. The van der Waals surface area contributed by atoms with Crippen molar-refractivity contribution in [2.75, 3.05) is 0 Å². The van der Waals surface area contributed by atoms with Crippen LogP contribution in [0.25, 0.3) is 0 Å². The lowest BCUT2D eigenvalue weighted by Crippen LogP contribution is -2.55. The van der Waals surface area contributed by atoms with Crippen LogP contribution in [0.15, 0.2) is 11.1 Å². The summed E-state index contributed by atoms with van der Waals surface area (Å²) < 4.78 is 0. The summed E-state index contributed by atoms with van der Waals surface area (Å²) in [5, 5.41) is 10.9. The predicted molar refractivity (Wildman–Crippen MR) is 68.3 cm³/mol. The summed E-state index contributed by atoms with van der Waals surface area (Å²) in [5.41, 5.74) is 2.81. The second kappa shape index (κ2) is 3.87. The Kier molecular flexibility index (Phi) is 2.94. The highest BCUT2D eigenvalue weighted by Crippen LogP contribution is 2.57. The van der Waals surface area contributed by atoms with Gasteiger partial charge in [0.1, 0.15) is 0 Å². The number of hydrogen-bond donors (Lipinski definition) is 1. The van der Waals surface area contributed by atoms with Crippen molar-refractivity contribution in [3.05, 3.63) is 11.1 Å². The highest BCUT2D eigenvalue weighted by Gasteiger charge is 2.53. The predicted octanol–water partition coefficient (Wildman–Crippen LogP) is 4.06. The topological polar surface area (TPSA) is 20.2 Å². The maximum absolute atomic E-state index is 10.9. The molecule has 0 saturated heterocycles. The number of aliphatic hydroxyl groups is 1. The fourth-order valence-electron chi connectivity index (χ4n) is 3.83. The molecule has 1 N–H and O–H groups in total. The molecule has 1 nitrogen and oxygen atoms in total. The maximum atomic E-state index is 10.9. The van der Waals surface area contributed by atoms with Gasteiger partial charge in [0.25, 0.3) is 0 Å². The van der Waals surface area contributed by atoms with Crippen LogP contribution in [-0.2, 0) is 0 Å². The maximum Gasteiger partial charge on any atom is 0.0709 e. The number of hydrogen-bond acceptors (Lipinski definition) is 1. The molecule has 0 aromatic heterocycles. The van der Waals surface area contributed by atoms with E-state index in [2.05, 4.69) is 27.7 Å². The molecule has 0 bridgehead atoms. The molecule has 92 valence electrons. The lowest BCUT2D eigenvalue weighted by atomic mass is 9.52. The van der Waals surface area contributed by atoms with Crippen LogP contribution < -0.4 is 0 Å². The van der Waals surface area contributed by atoms with E-state index in [1.54, 1.807) is 5.57 Å². The SMILES string of the molecule is CC(C)=C1CC[C@@]2(O)CCC[C@@H](C)[C@]2(C)C1. The minimum absolute atomic E-state index is 0.121. The van der Waals surface area contributed by atoms with Crippen molar-refractivity contribution in [1.29, 1.82) is 0 Å². The average Bonchev–Trinajstić information content (AvgIpc) is 2.20. The lowest BCUT2D eigenvalue weighted by Gasteiger charge is -2.56. The third-order valence-corrected chi connectivity index (χ3v) is 5.51. The average molecular weight is 222 g/mol. The standard InChI is InChI=1S/C15H26O/c1-11(2)13-7-9-15(16)8-5-6-12(3)14(15,4)10-13/h12,16H,5-10H2,1-4H3/t12-,14+,15+/m1/s1. The Morgan fingerprint density at radius 2 is 2.00 bits per heavy atom. The molecule has 2 aliphatic carbocycles. The molecule has 0 spiro atoms. The minimum atomic E-state index is -0.385. The zero-order valence-electron chi connectivity index (χ0n) is 11.3. The Morgan fingerprint density at radius 1 is 1.31 bits per heavy atom. The molecule has 0 radical (unpaired) electrons. The first-order valence-electron chi connectivity index (χ1n) is 6.77. The molecule has 16 heavy (non-hydrogen) atoms. The largest absolute Gasteiger partial charge is 0.389 e. The lowest BCUT2D eigenvalue weighted by molar-refractivity contribution is -0.147. The molecule has 0 aromatic rings. The summed E-state index contributed by atoms with van der Waals surface area (Å²) in [6, 6.07) is 0. The van der Waals surface area contributed by atoms with Crippen LogP contribution >= 0.6 is 0 Å². The van der Waals surface area contributed by atoms with Gasteiger partial charge in [0, 0.05) is 5.41 Å². The molecule has 2 rings (SSSR count). The van der Waals surface area contributed by atoms with E-state index in [0.29, 0.717) is 5.92 Å². The van der Waals surface area contributed by atoms with Crippen molar-refractivity contribution in [3.63, 3.8) is 0 Å². The summed E-state index contributed by atoms with van der Waals surface area (Å²) in [5.74, 6) is 0.654. The van der Waals surface area contributed by atoms with Gasteiger partial charge in [-0.25, -0.2) is 0 Å². The summed E-state index contributed by atoms with van der Waals surface area (Å²) >= 11 is 0. The summed E-state index contributed by atoms with van der Waals surface area (Å²) in [7, 11) is 0. The Balaban J connectivity index is 2.34. The van der Waals surface area contributed by atoms with E-state index in [9.17, 15) is 5.11 Å². The van der Waals surface area contributed by atoms with Crippen LogP contribution in [0.2, 0.25) is 0 Å². The first-order chi connectivity index (χ1) is 7.39. The number of allylic oxidation sites excluding steroid dienone is 2. The summed E-state index contributed by atoms with van der Waals surface area (Å²) in [6.07, 6.45) is 6.72. The Morgan fingerprint density at radius 3 is 2.62 bits per heavy atom. The van der Waals surface area contributed by atoms with Gasteiger partial charge in [-0.1, -0.05) is 31.4 Å². The molecule has 1 heteroatoms. The van der Waals surface area contributed by atoms with E-state index in [-0.39, 0.29) is 11.0 Å². The molecule has 0 aliphatic heterocycles. The number of fused-ring (bicyclic) bond motifs is 1. The third-order valence-electron chi connectivity index (χ3n) is 5.51. The molecule has 0 aromatic carbocycles. The van der Waals surface area contributed by atoms with Crippen LogP contribution in [0.4, 0.5) is 0 Å². The van der Waals surface area contributed by atoms with Crippen LogP contribution in [0.3, 0.4) is 0 Å². The van der Waals surface area contributed by atoms with E-state index < -0.39 is 0 Å². The van der Waals surface area contributed by atoms with E-state index in [4.69, 9.17) is 0 Å². The fourth-order valence-corrected chi connectivity index (χ4v) is 3.83. The molecule has 2 aliphatic rings. The van der Waals surface area contributed by atoms with Gasteiger partial charge in [-0.3, -0.25) is 0 Å². The molecule has 2 fully saturated rings. The minimum Gasteiger partial charge on any atom is -0.389 e. The zero-order chi connectivity index (χ0) is 12.0. The van der Waals surface area contributed by atoms with Gasteiger partial charge < -0.3 is 5.11 Å². The summed E-state index contributed by atoms with van der Waals surface area (Å²) in [4.78, 5) is 0.